The third kappa shape index (κ3) is 5.25. The van der Waals surface area contributed by atoms with Crippen molar-refractivity contribution in [2.24, 2.45) is 0 Å². The highest BCUT2D eigenvalue weighted by Gasteiger charge is 2.48. The first kappa shape index (κ1) is 26.4. The van der Waals surface area contributed by atoms with Crippen molar-refractivity contribution >= 4 is 17.9 Å². The highest BCUT2D eigenvalue weighted by molar-refractivity contribution is 5.98. The normalized spacial score (nSPS) is 26.2. The fourth-order valence-electron chi connectivity index (χ4n) is 4.04. The molecule has 192 valence electrons. The minimum atomic E-state index is -1.89. The van der Waals surface area contributed by atoms with Gasteiger partial charge < -0.3 is 44.5 Å². The highest BCUT2D eigenvalue weighted by Crippen LogP contribution is 2.42. The number of benzene rings is 1. The van der Waals surface area contributed by atoms with Crippen LogP contribution in [-0.2, 0) is 36.8 Å². The van der Waals surface area contributed by atoms with Crippen LogP contribution in [-0.4, -0.2) is 81.3 Å². The number of aliphatic hydroxyl groups excluding tert-OH is 3. The Hall–Kier alpha value is -3.19. The molecule has 0 radical (unpaired) electrons. The van der Waals surface area contributed by atoms with Crippen LogP contribution in [0.3, 0.4) is 0 Å². The van der Waals surface area contributed by atoms with E-state index < -0.39 is 48.6 Å². The van der Waals surface area contributed by atoms with E-state index in [0.29, 0.717) is 22.4 Å². The van der Waals surface area contributed by atoms with E-state index in [9.17, 15) is 34.8 Å². The molecular weight excluding hydrogens is 468 g/mol. The number of aromatic hydroxyl groups is 1. The molecule has 1 aromatic carbocycles. The molecule has 2 aliphatic heterocycles. The van der Waals surface area contributed by atoms with Crippen LogP contribution < -0.4 is 4.74 Å². The number of methoxy groups -OCH3 is 1. The van der Waals surface area contributed by atoms with Crippen LogP contribution in [0.2, 0.25) is 0 Å². The summed E-state index contributed by atoms with van der Waals surface area (Å²) in [5.74, 6) is -2.81. The van der Waals surface area contributed by atoms with Crippen molar-refractivity contribution in [3.05, 3.63) is 33.9 Å². The number of ether oxygens (including phenoxy) is 4. The second kappa shape index (κ2) is 10.6. The van der Waals surface area contributed by atoms with E-state index in [2.05, 4.69) is 0 Å². The lowest BCUT2D eigenvalue weighted by atomic mass is 9.94. The topological polar surface area (TPSA) is 189 Å². The first-order valence-corrected chi connectivity index (χ1v) is 10.8. The molecule has 0 aliphatic carbocycles. The van der Waals surface area contributed by atoms with Gasteiger partial charge in [0.2, 0.25) is 6.29 Å². The summed E-state index contributed by atoms with van der Waals surface area (Å²) in [7, 11) is 1.45. The molecule has 1 aromatic rings. The lowest BCUT2D eigenvalue weighted by Crippen LogP contribution is -2.60. The molecule has 2 aliphatic rings. The quantitative estimate of drug-likeness (QED) is 0.241. The van der Waals surface area contributed by atoms with E-state index in [4.69, 9.17) is 24.1 Å². The zero-order valence-corrected chi connectivity index (χ0v) is 19.4. The van der Waals surface area contributed by atoms with Crippen LogP contribution >= 0.6 is 0 Å². The van der Waals surface area contributed by atoms with Gasteiger partial charge in [0.1, 0.15) is 42.0 Å². The van der Waals surface area contributed by atoms with Gasteiger partial charge in [0, 0.05) is 17.5 Å². The second-order valence-electron chi connectivity index (χ2n) is 8.39. The molecule has 5 atom stereocenters. The number of esters is 2. The van der Waals surface area contributed by atoms with Gasteiger partial charge in [0.25, 0.3) is 0 Å². The predicted molar refractivity (Wildman–Crippen MR) is 116 cm³/mol. The Balaban J connectivity index is 1.63. The van der Waals surface area contributed by atoms with Gasteiger partial charge in [0.15, 0.2) is 6.10 Å². The Labute approximate surface area is 200 Å². The van der Waals surface area contributed by atoms with Gasteiger partial charge in [-0.1, -0.05) is 11.6 Å². The van der Waals surface area contributed by atoms with Gasteiger partial charge in [-0.2, -0.15) is 0 Å². The smallest absolute Gasteiger partial charge is 0.342 e. The van der Waals surface area contributed by atoms with Crippen LogP contribution in [0.1, 0.15) is 46.8 Å². The molecule has 0 saturated carbocycles. The van der Waals surface area contributed by atoms with Gasteiger partial charge in [0.05, 0.1) is 7.11 Å². The van der Waals surface area contributed by atoms with Gasteiger partial charge >= 0.3 is 17.9 Å². The third-order valence-corrected chi connectivity index (χ3v) is 6.09. The standard InChI is InChI=1S/C23H28O12/c1-9(4-6-11-15(25)14-12(8-33-22(14)31)10(2)19(11)32-3)5-7-13(24)34-23-18(28)16(26)17(27)20(35-23)21(29)30/h4,16-18,20,23,25-28H,5-8H2,1-3H3,(H,29,30)/b9-4+/t16?,17-,18?,20?,23+/m0/s1. The fourth-order valence-corrected chi connectivity index (χ4v) is 4.04. The minimum Gasteiger partial charge on any atom is -0.507 e. The number of carbonyl (C=O) groups is 3. The molecule has 0 spiro atoms. The highest BCUT2D eigenvalue weighted by atomic mass is 16.7. The second-order valence-corrected chi connectivity index (χ2v) is 8.39. The molecule has 1 fully saturated rings. The number of cyclic esters (lactones) is 1. The zero-order chi connectivity index (χ0) is 26.0. The van der Waals surface area contributed by atoms with E-state index >= 15 is 0 Å². The predicted octanol–water partition coefficient (Wildman–Crippen LogP) is 0.0840. The maximum absolute atomic E-state index is 12.2. The summed E-state index contributed by atoms with van der Waals surface area (Å²) in [5.41, 5.74) is 2.51. The average Bonchev–Trinajstić information content (AvgIpc) is 3.21. The average molecular weight is 496 g/mol. The van der Waals surface area contributed by atoms with Crippen molar-refractivity contribution in [3.8, 4) is 11.5 Å². The van der Waals surface area contributed by atoms with E-state index in [1.54, 1.807) is 19.9 Å². The first-order valence-electron chi connectivity index (χ1n) is 10.8. The van der Waals surface area contributed by atoms with E-state index in [1.165, 1.54) is 7.11 Å². The van der Waals surface area contributed by atoms with Crippen molar-refractivity contribution in [1.82, 2.24) is 0 Å². The molecule has 12 nitrogen and oxygen atoms in total. The lowest BCUT2D eigenvalue weighted by Gasteiger charge is -2.37. The number of phenols is 1. The largest absolute Gasteiger partial charge is 0.507 e. The first-order chi connectivity index (χ1) is 16.5. The number of aliphatic hydroxyl groups is 3. The fraction of sp³-hybridized carbons (Fsp3) is 0.522. The zero-order valence-electron chi connectivity index (χ0n) is 19.4. The van der Waals surface area contributed by atoms with E-state index in [1.807, 2.05) is 0 Å². The van der Waals surface area contributed by atoms with Crippen LogP contribution in [0.15, 0.2) is 11.6 Å². The number of rotatable bonds is 8. The number of carboxylic acids is 1. The summed E-state index contributed by atoms with van der Waals surface area (Å²) in [5, 5.41) is 49.1. The number of phenolic OH excluding ortho intramolecular Hbond substituents is 1. The summed E-state index contributed by atoms with van der Waals surface area (Å²) >= 11 is 0. The molecular formula is C23H28O12. The number of carbonyl (C=O) groups excluding carboxylic acids is 2. The van der Waals surface area contributed by atoms with Crippen molar-refractivity contribution in [3.63, 3.8) is 0 Å². The van der Waals surface area contributed by atoms with Gasteiger partial charge in [-0.3, -0.25) is 4.79 Å². The summed E-state index contributed by atoms with van der Waals surface area (Å²) < 4.78 is 20.3. The Morgan fingerprint density at radius 1 is 1.14 bits per heavy atom. The van der Waals surface area contributed by atoms with Gasteiger partial charge in [-0.25, -0.2) is 9.59 Å². The number of allylic oxidation sites excluding steroid dienone is 2. The van der Waals surface area contributed by atoms with Gasteiger partial charge in [-0.15, -0.1) is 0 Å². The van der Waals surface area contributed by atoms with Crippen LogP contribution in [0.4, 0.5) is 0 Å². The number of hydrogen-bond acceptors (Lipinski definition) is 11. The molecule has 3 unspecified atom stereocenters. The number of fused-ring (bicyclic) bond motifs is 1. The Bertz CT molecular complexity index is 1050. The molecule has 0 bridgehead atoms. The van der Waals surface area contributed by atoms with E-state index in [0.717, 1.165) is 5.57 Å². The minimum absolute atomic E-state index is 0.0593. The number of aliphatic carboxylic acids is 1. The van der Waals surface area contributed by atoms with E-state index in [-0.39, 0.29) is 37.2 Å². The summed E-state index contributed by atoms with van der Waals surface area (Å²) in [6.45, 7) is 3.56. The third-order valence-electron chi connectivity index (χ3n) is 6.09. The Morgan fingerprint density at radius 3 is 2.46 bits per heavy atom. The molecule has 1 saturated heterocycles. The molecule has 0 aromatic heterocycles. The Morgan fingerprint density at radius 2 is 1.83 bits per heavy atom. The number of hydrogen-bond donors (Lipinski definition) is 5. The molecule has 2 heterocycles. The maximum Gasteiger partial charge on any atom is 0.342 e. The lowest BCUT2D eigenvalue weighted by molar-refractivity contribution is -0.286. The number of carboxylic acid groups (broad SMARTS) is 1. The van der Waals surface area contributed by atoms with Crippen LogP contribution in [0, 0.1) is 6.92 Å². The molecule has 3 rings (SSSR count). The van der Waals surface area contributed by atoms with Crippen molar-refractivity contribution < 1.29 is 58.9 Å². The van der Waals surface area contributed by atoms with Gasteiger partial charge in [-0.05, 0) is 32.3 Å². The summed E-state index contributed by atoms with van der Waals surface area (Å²) in [6.07, 6.45) is -7.23. The molecule has 5 N–H and O–H groups in total. The van der Waals surface area contributed by atoms with Crippen molar-refractivity contribution in [2.75, 3.05) is 7.11 Å². The SMILES string of the molecule is COc1c(C)c2c(c(O)c1C/C=C(\C)CCC(=O)O[C@@H]1OC(C(=O)O)[C@@H](O)C(O)C1O)C(=O)OC2. The van der Waals surface area contributed by atoms with Crippen molar-refractivity contribution in [2.45, 2.75) is 70.4 Å². The maximum atomic E-state index is 12.2. The molecule has 35 heavy (non-hydrogen) atoms. The summed E-state index contributed by atoms with van der Waals surface area (Å²) in [4.78, 5) is 35.4. The molecule has 12 heteroatoms. The summed E-state index contributed by atoms with van der Waals surface area (Å²) in [6, 6.07) is 0. The van der Waals surface area contributed by atoms with Crippen LogP contribution in [0.5, 0.6) is 11.5 Å². The van der Waals surface area contributed by atoms with Crippen LogP contribution in [0.25, 0.3) is 0 Å². The molecule has 0 amide bonds. The Kier molecular flexibility index (Phi) is 8.00. The van der Waals surface area contributed by atoms with Crippen molar-refractivity contribution in [1.29, 1.82) is 0 Å². The monoisotopic (exact) mass is 496 g/mol.